The molecule has 0 aliphatic heterocycles. The molecule has 6 heteroatoms. The normalized spacial score (nSPS) is 11.8. The predicted molar refractivity (Wildman–Crippen MR) is 65.8 cm³/mol. The lowest BCUT2D eigenvalue weighted by Gasteiger charge is -2.09. The summed E-state index contributed by atoms with van der Waals surface area (Å²) in [5, 5.41) is 7.41. The molecule has 92 valence electrons. The smallest absolute Gasteiger partial charge is 0.358 e. The molecule has 2 aromatic rings. The van der Waals surface area contributed by atoms with Gasteiger partial charge in [0.25, 0.3) is 0 Å². The molecule has 0 aliphatic rings. The molecule has 0 saturated heterocycles. The summed E-state index contributed by atoms with van der Waals surface area (Å²) in [6, 6.07) is 9.13. The highest BCUT2D eigenvalue weighted by atomic mass is 16.5. The van der Waals surface area contributed by atoms with Crippen LogP contribution in [0.25, 0.3) is 11.4 Å². The molecule has 0 aliphatic carbocycles. The van der Waals surface area contributed by atoms with Crippen LogP contribution in [-0.4, -0.2) is 28.1 Å². The first kappa shape index (κ1) is 11.8. The van der Waals surface area contributed by atoms with E-state index in [0.717, 1.165) is 0 Å². The van der Waals surface area contributed by atoms with Gasteiger partial charge in [-0.15, -0.1) is 5.10 Å². The third-order valence-electron chi connectivity index (χ3n) is 2.37. The monoisotopic (exact) mass is 244 g/mol. The molecule has 0 radical (unpaired) electrons. The second-order valence-corrected chi connectivity index (χ2v) is 3.47. The van der Waals surface area contributed by atoms with E-state index < -0.39 is 5.97 Å². The first-order chi connectivity index (χ1) is 8.74. The predicted octanol–water partition coefficient (Wildman–Crippen LogP) is 0.736. The molecule has 2 N–H and O–H groups in total. The Balaban J connectivity index is 2.56. The van der Waals surface area contributed by atoms with Gasteiger partial charge in [-0.05, 0) is 5.56 Å². The number of nitrogens with two attached hydrogens (primary N) is 1. The number of carbonyl (C=O) groups is 1. The molecule has 0 amide bonds. The van der Waals surface area contributed by atoms with Gasteiger partial charge in [0.05, 0.1) is 25.2 Å². The number of methoxy groups -OCH3 is 1. The fourth-order valence-electron chi connectivity index (χ4n) is 1.51. The van der Waals surface area contributed by atoms with Gasteiger partial charge in [-0.2, -0.15) is 0 Å². The summed E-state index contributed by atoms with van der Waals surface area (Å²) < 4.78 is 6.00. The van der Waals surface area contributed by atoms with E-state index >= 15 is 0 Å². The third-order valence-corrected chi connectivity index (χ3v) is 2.37. The number of nitrogens with zero attached hydrogens (tertiary/aromatic N) is 3. The van der Waals surface area contributed by atoms with Crippen molar-refractivity contribution in [3.05, 3.63) is 48.3 Å². The van der Waals surface area contributed by atoms with Crippen molar-refractivity contribution in [3.63, 3.8) is 0 Å². The van der Waals surface area contributed by atoms with Gasteiger partial charge < -0.3 is 10.5 Å². The van der Waals surface area contributed by atoms with Gasteiger partial charge >= 0.3 is 5.97 Å². The number of aromatic nitrogens is 3. The van der Waals surface area contributed by atoms with Gasteiger partial charge in [0.2, 0.25) is 0 Å². The summed E-state index contributed by atoms with van der Waals surface area (Å²) in [6.07, 6.45) is 2.99. The second-order valence-electron chi connectivity index (χ2n) is 3.47. The molecule has 1 aromatic carbocycles. The Labute approximate surface area is 104 Å². The quantitative estimate of drug-likeness (QED) is 0.636. The zero-order chi connectivity index (χ0) is 13.0. The fourth-order valence-corrected chi connectivity index (χ4v) is 1.51. The second kappa shape index (κ2) is 5.13. The standard InChI is InChI=1S/C12H12N4O2/c1-18-12(17)11(16-8-7-14-15-16)10(13)9-5-3-2-4-6-9/h2-8H,13H2,1H3. The molecule has 1 aromatic heterocycles. The van der Waals surface area contributed by atoms with Gasteiger partial charge in [-0.1, -0.05) is 35.5 Å². The molecule has 6 nitrogen and oxygen atoms in total. The third kappa shape index (κ3) is 2.22. The topological polar surface area (TPSA) is 83.0 Å². The van der Waals surface area contributed by atoms with Crippen molar-refractivity contribution in [2.75, 3.05) is 7.11 Å². The summed E-state index contributed by atoms with van der Waals surface area (Å²) in [4.78, 5) is 11.8. The van der Waals surface area contributed by atoms with Crippen LogP contribution in [0.5, 0.6) is 0 Å². The first-order valence-electron chi connectivity index (χ1n) is 5.24. The minimum absolute atomic E-state index is 0.140. The van der Waals surface area contributed by atoms with Crippen LogP contribution in [0, 0.1) is 0 Å². The Morgan fingerprint density at radius 3 is 2.61 bits per heavy atom. The van der Waals surface area contributed by atoms with Crippen molar-refractivity contribution in [3.8, 4) is 0 Å². The largest absolute Gasteiger partial charge is 0.464 e. The van der Waals surface area contributed by atoms with Crippen LogP contribution in [0.2, 0.25) is 0 Å². The van der Waals surface area contributed by atoms with Gasteiger partial charge in [0.1, 0.15) is 0 Å². The van der Waals surface area contributed by atoms with Crippen LogP contribution >= 0.6 is 0 Å². The van der Waals surface area contributed by atoms with E-state index in [4.69, 9.17) is 10.5 Å². The molecule has 0 atom stereocenters. The van der Waals surface area contributed by atoms with Crippen molar-refractivity contribution in [1.82, 2.24) is 15.0 Å². The summed E-state index contributed by atoms with van der Waals surface area (Å²) >= 11 is 0. The summed E-state index contributed by atoms with van der Waals surface area (Å²) in [5.74, 6) is -0.568. The van der Waals surface area contributed by atoms with Crippen molar-refractivity contribution in [2.24, 2.45) is 5.73 Å². The summed E-state index contributed by atoms with van der Waals surface area (Å²) in [6.45, 7) is 0. The van der Waals surface area contributed by atoms with E-state index in [-0.39, 0.29) is 11.4 Å². The molecule has 0 spiro atoms. The van der Waals surface area contributed by atoms with Gasteiger partial charge in [0, 0.05) is 0 Å². The molecule has 1 heterocycles. The first-order valence-corrected chi connectivity index (χ1v) is 5.24. The summed E-state index contributed by atoms with van der Waals surface area (Å²) in [7, 11) is 1.29. The lowest BCUT2D eigenvalue weighted by Crippen LogP contribution is -2.17. The van der Waals surface area contributed by atoms with E-state index in [0.29, 0.717) is 5.56 Å². The molecule has 0 saturated carbocycles. The van der Waals surface area contributed by atoms with Crippen molar-refractivity contribution in [1.29, 1.82) is 0 Å². The SMILES string of the molecule is COC(=O)C(=C(N)c1ccccc1)n1ccnn1. The van der Waals surface area contributed by atoms with Crippen LogP contribution in [0.4, 0.5) is 0 Å². The van der Waals surface area contributed by atoms with Crippen molar-refractivity contribution < 1.29 is 9.53 Å². The lowest BCUT2D eigenvalue weighted by atomic mass is 10.1. The highest BCUT2D eigenvalue weighted by molar-refractivity contribution is 6.17. The fraction of sp³-hybridized carbons (Fsp3) is 0.0833. The van der Waals surface area contributed by atoms with Crippen LogP contribution in [0.3, 0.4) is 0 Å². The van der Waals surface area contributed by atoms with E-state index in [1.54, 1.807) is 12.1 Å². The molecule has 0 fully saturated rings. The van der Waals surface area contributed by atoms with Gasteiger partial charge in [-0.3, -0.25) is 0 Å². The zero-order valence-corrected chi connectivity index (χ0v) is 9.78. The number of rotatable bonds is 3. The van der Waals surface area contributed by atoms with E-state index in [1.807, 2.05) is 18.2 Å². The Hall–Kier alpha value is -2.63. The number of hydrogen-bond donors (Lipinski definition) is 1. The van der Waals surface area contributed by atoms with Gasteiger partial charge in [-0.25, -0.2) is 9.48 Å². The highest BCUT2D eigenvalue weighted by Gasteiger charge is 2.18. The van der Waals surface area contributed by atoms with E-state index in [1.165, 1.54) is 24.2 Å². The average Bonchev–Trinajstić information content (AvgIpc) is 2.93. The van der Waals surface area contributed by atoms with E-state index in [9.17, 15) is 4.79 Å². The number of ether oxygens (including phenoxy) is 1. The maximum absolute atomic E-state index is 11.8. The number of benzene rings is 1. The minimum Gasteiger partial charge on any atom is -0.464 e. The number of carbonyl (C=O) groups excluding carboxylic acids is 1. The summed E-state index contributed by atoms with van der Waals surface area (Å²) in [5.41, 5.74) is 7.14. The van der Waals surface area contributed by atoms with Crippen molar-refractivity contribution in [2.45, 2.75) is 0 Å². The molecular weight excluding hydrogens is 232 g/mol. The Morgan fingerprint density at radius 1 is 1.33 bits per heavy atom. The molecule has 0 bridgehead atoms. The van der Waals surface area contributed by atoms with Crippen LogP contribution in [0.15, 0.2) is 42.7 Å². The van der Waals surface area contributed by atoms with Crippen LogP contribution < -0.4 is 5.73 Å². The average molecular weight is 244 g/mol. The van der Waals surface area contributed by atoms with Crippen LogP contribution in [-0.2, 0) is 9.53 Å². The Bertz CT molecular complexity index is 561. The lowest BCUT2D eigenvalue weighted by molar-refractivity contribution is -0.134. The van der Waals surface area contributed by atoms with E-state index in [2.05, 4.69) is 10.3 Å². The van der Waals surface area contributed by atoms with Crippen molar-refractivity contribution >= 4 is 17.4 Å². The van der Waals surface area contributed by atoms with Gasteiger partial charge in [0.15, 0.2) is 5.70 Å². The van der Waals surface area contributed by atoms with Crippen LogP contribution in [0.1, 0.15) is 5.56 Å². The Morgan fingerprint density at radius 2 is 2.06 bits per heavy atom. The molecular formula is C12H12N4O2. The maximum atomic E-state index is 11.8. The Kier molecular flexibility index (Phi) is 3.38. The molecule has 18 heavy (non-hydrogen) atoms. The number of esters is 1. The maximum Gasteiger partial charge on any atom is 0.358 e. The molecule has 2 rings (SSSR count). The number of hydrogen-bond acceptors (Lipinski definition) is 5. The molecule has 0 unspecified atom stereocenters. The zero-order valence-electron chi connectivity index (χ0n) is 9.78. The highest BCUT2D eigenvalue weighted by Crippen LogP contribution is 2.17. The minimum atomic E-state index is -0.568.